The molecular weight excluding hydrogens is 290 g/mol. The average molecular weight is 309 g/mol. The molecule has 0 saturated carbocycles. The van der Waals surface area contributed by atoms with Crippen LogP contribution in [0.4, 0.5) is 5.69 Å². The second-order valence-corrected chi connectivity index (χ2v) is 6.23. The zero-order valence-corrected chi connectivity index (χ0v) is 13.5. The van der Waals surface area contributed by atoms with Gasteiger partial charge in [0.2, 0.25) is 0 Å². The Hall–Kier alpha value is -2.62. The number of carbonyl (C=O) groups excluding carboxylic acids is 2. The Kier molecular flexibility index (Phi) is 3.68. The van der Waals surface area contributed by atoms with E-state index >= 15 is 0 Å². The smallest absolute Gasteiger partial charge is 0.339 e. The first-order valence-electron chi connectivity index (χ1n) is 7.59. The minimum Gasteiger partial charge on any atom is -0.445 e. The van der Waals surface area contributed by atoms with Crippen LogP contribution < -0.4 is 5.32 Å². The van der Waals surface area contributed by atoms with Crippen molar-refractivity contribution in [2.45, 2.75) is 32.8 Å². The fourth-order valence-electron chi connectivity index (χ4n) is 2.87. The first kappa shape index (κ1) is 15.3. The third-order valence-electron chi connectivity index (χ3n) is 4.19. The summed E-state index contributed by atoms with van der Waals surface area (Å²) in [6.45, 7) is 5.59. The highest BCUT2D eigenvalue weighted by Crippen LogP contribution is 2.29. The van der Waals surface area contributed by atoms with Crippen molar-refractivity contribution in [3.8, 4) is 0 Å². The molecule has 0 fully saturated rings. The van der Waals surface area contributed by atoms with E-state index in [0.29, 0.717) is 12.0 Å². The van der Waals surface area contributed by atoms with Crippen molar-refractivity contribution in [1.29, 1.82) is 0 Å². The van der Waals surface area contributed by atoms with Crippen LogP contribution in [0.1, 0.15) is 34.0 Å². The monoisotopic (exact) mass is 309 g/mol. The van der Waals surface area contributed by atoms with Gasteiger partial charge in [-0.3, -0.25) is 4.79 Å². The largest absolute Gasteiger partial charge is 0.445 e. The van der Waals surface area contributed by atoms with Crippen LogP contribution >= 0.6 is 0 Å². The molecule has 1 aliphatic heterocycles. The lowest BCUT2D eigenvalue weighted by Gasteiger charge is -2.33. The molecular formula is C19H19NO3. The van der Waals surface area contributed by atoms with Gasteiger partial charge in [0, 0.05) is 12.1 Å². The number of amides is 1. The maximum Gasteiger partial charge on any atom is 0.339 e. The number of carbonyl (C=O) groups is 2. The summed E-state index contributed by atoms with van der Waals surface area (Å²) >= 11 is 0. The van der Waals surface area contributed by atoms with Gasteiger partial charge in [0.05, 0.1) is 5.56 Å². The van der Waals surface area contributed by atoms with Crippen LogP contribution in [0.3, 0.4) is 0 Å². The topological polar surface area (TPSA) is 55.4 Å². The standard InChI is InChI=1S/C19H19NO3/c1-12-8-9-16(13(2)10-12)20-18(22)19(3)11-14-6-4-5-7-15(14)17(21)23-19/h4-10H,11H2,1-3H3,(H,20,22). The number of hydrogen-bond acceptors (Lipinski definition) is 3. The quantitative estimate of drug-likeness (QED) is 0.865. The molecule has 2 aromatic rings. The van der Waals surface area contributed by atoms with Crippen LogP contribution in [0.25, 0.3) is 0 Å². The zero-order chi connectivity index (χ0) is 16.6. The summed E-state index contributed by atoms with van der Waals surface area (Å²) < 4.78 is 5.45. The Morgan fingerprint density at radius 2 is 1.91 bits per heavy atom. The summed E-state index contributed by atoms with van der Waals surface area (Å²) in [5, 5.41) is 2.88. The van der Waals surface area contributed by atoms with E-state index in [-0.39, 0.29) is 5.91 Å². The molecule has 1 heterocycles. The second-order valence-electron chi connectivity index (χ2n) is 6.23. The minimum absolute atomic E-state index is 0.313. The molecule has 1 atom stereocenters. The summed E-state index contributed by atoms with van der Waals surface area (Å²) in [5.74, 6) is -0.766. The van der Waals surface area contributed by atoms with Gasteiger partial charge >= 0.3 is 5.97 Å². The number of rotatable bonds is 2. The van der Waals surface area contributed by atoms with E-state index in [9.17, 15) is 9.59 Å². The average Bonchev–Trinajstić information content (AvgIpc) is 2.50. The molecule has 1 unspecified atom stereocenters. The Bertz CT molecular complexity index is 797. The molecule has 1 aliphatic rings. The Labute approximate surface area is 135 Å². The molecule has 0 radical (unpaired) electrons. The molecule has 23 heavy (non-hydrogen) atoms. The van der Waals surface area contributed by atoms with E-state index in [0.717, 1.165) is 22.4 Å². The van der Waals surface area contributed by atoms with E-state index < -0.39 is 11.6 Å². The van der Waals surface area contributed by atoms with Gasteiger partial charge in [0.25, 0.3) is 5.91 Å². The van der Waals surface area contributed by atoms with Gasteiger partial charge in [-0.1, -0.05) is 35.9 Å². The number of benzene rings is 2. The number of fused-ring (bicyclic) bond motifs is 1. The van der Waals surface area contributed by atoms with Crippen molar-refractivity contribution in [3.05, 3.63) is 64.7 Å². The molecule has 4 nitrogen and oxygen atoms in total. The van der Waals surface area contributed by atoms with Gasteiger partial charge in [-0.25, -0.2) is 4.79 Å². The summed E-state index contributed by atoms with van der Waals surface area (Å²) in [6.07, 6.45) is 0.367. The molecule has 3 rings (SSSR count). The molecule has 1 amide bonds. The van der Waals surface area contributed by atoms with Crippen molar-refractivity contribution in [2.24, 2.45) is 0 Å². The Balaban J connectivity index is 1.86. The van der Waals surface area contributed by atoms with Crippen LogP contribution in [0.5, 0.6) is 0 Å². The molecule has 0 aliphatic carbocycles. The molecule has 0 spiro atoms. The fraction of sp³-hybridized carbons (Fsp3) is 0.263. The van der Waals surface area contributed by atoms with E-state index in [1.807, 2.05) is 44.2 Å². The number of esters is 1. The molecule has 1 N–H and O–H groups in total. The number of aryl methyl sites for hydroxylation is 2. The summed E-state index contributed by atoms with van der Waals surface area (Å²) in [4.78, 5) is 24.9. The molecule has 4 heteroatoms. The maximum atomic E-state index is 12.7. The van der Waals surface area contributed by atoms with Gasteiger partial charge in [0.15, 0.2) is 5.60 Å². The lowest BCUT2D eigenvalue weighted by Crippen LogP contribution is -2.49. The van der Waals surface area contributed by atoms with Crippen molar-refractivity contribution >= 4 is 17.6 Å². The van der Waals surface area contributed by atoms with Crippen LogP contribution in [0.15, 0.2) is 42.5 Å². The van der Waals surface area contributed by atoms with Crippen molar-refractivity contribution < 1.29 is 14.3 Å². The SMILES string of the molecule is Cc1ccc(NC(=O)C2(C)Cc3ccccc3C(=O)O2)c(C)c1. The number of hydrogen-bond donors (Lipinski definition) is 1. The molecule has 2 aromatic carbocycles. The third-order valence-corrected chi connectivity index (χ3v) is 4.19. The van der Waals surface area contributed by atoms with Gasteiger partial charge in [-0.05, 0) is 44.0 Å². The van der Waals surface area contributed by atoms with Gasteiger partial charge < -0.3 is 10.1 Å². The molecule has 0 saturated heterocycles. The second kappa shape index (κ2) is 5.54. The zero-order valence-electron chi connectivity index (χ0n) is 13.5. The summed E-state index contributed by atoms with van der Waals surface area (Å²) in [5.41, 5.74) is 3.00. The van der Waals surface area contributed by atoms with Crippen molar-refractivity contribution in [3.63, 3.8) is 0 Å². The lowest BCUT2D eigenvalue weighted by atomic mass is 9.89. The van der Waals surface area contributed by atoms with E-state index in [2.05, 4.69) is 5.32 Å². The van der Waals surface area contributed by atoms with Crippen LogP contribution in [0, 0.1) is 13.8 Å². The number of anilines is 1. The van der Waals surface area contributed by atoms with E-state index in [1.54, 1.807) is 19.1 Å². The highest BCUT2D eigenvalue weighted by Gasteiger charge is 2.42. The predicted molar refractivity (Wildman–Crippen MR) is 88.5 cm³/mol. The van der Waals surface area contributed by atoms with Gasteiger partial charge in [0.1, 0.15) is 0 Å². The normalized spacial score (nSPS) is 19.7. The summed E-state index contributed by atoms with van der Waals surface area (Å²) in [7, 11) is 0. The van der Waals surface area contributed by atoms with Gasteiger partial charge in [-0.15, -0.1) is 0 Å². The Morgan fingerprint density at radius 1 is 1.17 bits per heavy atom. The van der Waals surface area contributed by atoms with E-state index in [4.69, 9.17) is 4.74 Å². The van der Waals surface area contributed by atoms with E-state index in [1.165, 1.54) is 0 Å². The van der Waals surface area contributed by atoms with Crippen LogP contribution in [0.2, 0.25) is 0 Å². The first-order chi connectivity index (χ1) is 10.9. The molecule has 118 valence electrons. The molecule has 0 bridgehead atoms. The minimum atomic E-state index is -1.21. The number of cyclic esters (lactones) is 1. The lowest BCUT2D eigenvalue weighted by molar-refractivity contribution is -0.134. The predicted octanol–water partition coefficient (Wildman–Crippen LogP) is 3.41. The van der Waals surface area contributed by atoms with Crippen molar-refractivity contribution in [1.82, 2.24) is 0 Å². The van der Waals surface area contributed by atoms with Crippen molar-refractivity contribution in [2.75, 3.05) is 5.32 Å². The highest BCUT2D eigenvalue weighted by molar-refractivity contribution is 6.02. The maximum absolute atomic E-state index is 12.7. The highest BCUT2D eigenvalue weighted by atomic mass is 16.6. The third kappa shape index (κ3) is 2.84. The molecule has 0 aromatic heterocycles. The fourth-order valence-corrected chi connectivity index (χ4v) is 2.87. The number of nitrogens with one attached hydrogen (secondary N) is 1. The Morgan fingerprint density at radius 3 is 2.65 bits per heavy atom. The number of ether oxygens (including phenoxy) is 1. The van der Waals surface area contributed by atoms with Gasteiger partial charge in [-0.2, -0.15) is 0 Å². The van der Waals surface area contributed by atoms with Crippen LogP contribution in [-0.2, 0) is 16.0 Å². The summed E-state index contributed by atoms with van der Waals surface area (Å²) in [6, 6.07) is 13.0. The van der Waals surface area contributed by atoms with Crippen LogP contribution in [-0.4, -0.2) is 17.5 Å². The first-order valence-corrected chi connectivity index (χ1v) is 7.59.